The van der Waals surface area contributed by atoms with Gasteiger partial charge in [0.05, 0.1) is 11.5 Å². The van der Waals surface area contributed by atoms with Crippen LogP contribution in [0, 0.1) is 11.8 Å². The van der Waals surface area contributed by atoms with E-state index < -0.39 is 9.84 Å². The molecule has 0 spiro atoms. The van der Waals surface area contributed by atoms with E-state index in [2.05, 4.69) is 25.8 Å². The molecule has 19 heavy (non-hydrogen) atoms. The summed E-state index contributed by atoms with van der Waals surface area (Å²) in [5.41, 5.74) is 6.12. The Hall–Kier alpha value is -0.130. The molecule has 0 aromatic carbocycles. The average Bonchev–Trinajstić information content (AvgIpc) is 2.73. The van der Waals surface area contributed by atoms with Crippen LogP contribution < -0.4 is 5.73 Å². The first-order valence-electron chi connectivity index (χ1n) is 7.46. The molecule has 1 saturated carbocycles. The van der Waals surface area contributed by atoms with Gasteiger partial charge < -0.3 is 5.73 Å². The molecule has 4 nitrogen and oxygen atoms in total. The number of nitrogens with two attached hydrogens (primary N) is 1. The van der Waals surface area contributed by atoms with Crippen LogP contribution in [0.3, 0.4) is 0 Å². The van der Waals surface area contributed by atoms with Gasteiger partial charge in [-0.3, -0.25) is 4.90 Å². The van der Waals surface area contributed by atoms with Gasteiger partial charge in [0.15, 0.2) is 9.84 Å². The maximum Gasteiger partial charge on any atom is 0.151 e. The third kappa shape index (κ3) is 2.69. The van der Waals surface area contributed by atoms with Crippen molar-refractivity contribution in [1.82, 2.24) is 4.90 Å². The molecule has 2 fully saturated rings. The zero-order valence-corrected chi connectivity index (χ0v) is 13.2. The van der Waals surface area contributed by atoms with E-state index in [1.54, 1.807) is 0 Å². The Morgan fingerprint density at radius 2 is 2.00 bits per heavy atom. The van der Waals surface area contributed by atoms with Crippen LogP contribution in [0.5, 0.6) is 0 Å². The third-order valence-corrected chi connectivity index (χ3v) is 7.53. The minimum absolute atomic E-state index is 0.0117. The van der Waals surface area contributed by atoms with Gasteiger partial charge in [0.2, 0.25) is 0 Å². The van der Waals surface area contributed by atoms with Crippen LogP contribution >= 0.6 is 0 Å². The van der Waals surface area contributed by atoms with E-state index in [0.29, 0.717) is 29.9 Å². The summed E-state index contributed by atoms with van der Waals surface area (Å²) in [7, 11) is -0.737. The van der Waals surface area contributed by atoms with Gasteiger partial charge in [-0.05, 0) is 31.7 Å². The van der Waals surface area contributed by atoms with Crippen molar-refractivity contribution in [2.75, 3.05) is 25.1 Å². The summed E-state index contributed by atoms with van der Waals surface area (Å²) in [6, 6.07) is 0.154. The summed E-state index contributed by atoms with van der Waals surface area (Å²) in [4.78, 5) is 2.32. The van der Waals surface area contributed by atoms with Crippen LogP contribution in [0.4, 0.5) is 0 Å². The molecule has 1 aliphatic heterocycles. The van der Waals surface area contributed by atoms with Crippen LogP contribution in [0.1, 0.15) is 39.5 Å². The topological polar surface area (TPSA) is 63.4 Å². The standard InChI is InChI=1S/C14H28N2O2S/c1-11-5-4-7-14(10-15,12(11)2)16(3)13-6-8-19(17,18)9-13/h11-13H,4-10,15H2,1-3H3. The molecule has 2 aliphatic rings. The Bertz CT molecular complexity index is 423. The number of hydrogen-bond acceptors (Lipinski definition) is 4. The fraction of sp³-hybridized carbons (Fsp3) is 1.00. The lowest BCUT2D eigenvalue weighted by Crippen LogP contribution is -2.62. The molecular weight excluding hydrogens is 260 g/mol. The Morgan fingerprint density at radius 1 is 1.32 bits per heavy atom. The van der Waals surface area contributed by atoms with Gasteiger partial charge in [-0.25, -0.2) is 8.42 Å². The minimum Gasteiger partial charge on any atom is -0.329 e. The highest BCUT2D eigenvalue weighted by Gasteiger charge is 2.47. The lowest BCUT2D eigenvalue weighted by atomic mass is 9.67. The molecule has 1 saturated heterocycles. The van der Waals surface area contributed by atoms with Gasteiger partial charge in [0.1, 0.15) is 0 Å². The Morgan fingerprint density at radius 3 is 2.53 bits per heavy atom. The largest absolute Gasteiger partial charge is 0.329 e. The number of likely N-dealkylation sites (N-methyl/N-ethyl adjacent to an activating group) is 1. The van der Waals surface area contributed by atoms with Crippen molar-refractivity contribution in [3.63, 3.8) is 0 Å². The van der Waals surface area contributed by atoms with Gasteiger partial charge in [0, 0.05) is 18.1 Å². The third-order valence-electron chi connectivity index (χ3n) is 5.78. The van der Waals surface area contributed by atoms with Crippen molar-refractivity contribution in [3.8, 4) is 0 Å². The molecule has 1 heterocycles. The van der Waals surface area contributed by atoms with E-state index in [1.165, 1.54) is 12.8 Å². The van der Waals surface area contributed by atoms with Crippen LogP contribution in [-0.2, 0) is 9.84 Å². The molecular formula is C14H28N2O2S. The summed E-state index contributed by atoms with van der Waals surface area (Å²) in [5, 5.41) is 0. The van der Waals surface area contributed by atoms with E-state index >= 15 is 0 Å². The van der Waals surface area contributed by atoms with E-state index in [0.717, 1.165) is 12.8 Å². The molecule has 4 unspecified atom stereocenters. The van der Waals surface area contributed by atoms with Crippen molar-refractivity contribution in [2.24, 2.45) is 17.6 Å². The molecule has 0 amide bonds. The Labute approximate surface area is 117 Å². The van der Waals surface area contributed by atoms with Crippen molar-refractivity contribution in [3.05, 3.63) is 0 Å². The van der Waals surface area contributed by atoms with Crippen LogP contribution in [0.15, 0.2) is 0 Å². The van der Waals surface area contributed by atoms with Crippen molar-refractivity contribution < 1.29 is 8.42 Å². The molecule has 0 bridgehead atoms. The van der Waals surface area contributed by atoms with Gasteiger partial charge in [-0.2, -0.15) is 0 Å². The number of sulfone groups is 1. The van der Waals surface area contributed by atoms with E-state index in [1.807, 2.05) is 0 Å². The summed E-state index contributed by atoms with van der Waals surface area (Å²) >= 11 is 0. The first-order chi connectivity index (χ1) is 8.82. The minimum atomic E-state index is -2.83. The molecule has 4 atom stereocenters. The first kappa shape index (κ1) is 15.3. The Balaban J connectivity index is 2.21. The van der Waals surface area contributed by atoms with Gasteiger partial charge in [0.25, 0.3) is 0 Å². The summed E-state index contributed by atoms with van der Waals surface area (Å²) in [6.45, 7) is 5.22. The smallest absolute Gasteiger partial charge is 0.151 e. The van der Waals surface area contributed by atoms with Gasteiger partial charge >= 0.3 is 0 Å². The second kappa shape index (κ2) is 5.34. The number of hydrogen-bond donors (Lipinski definition) is 1. The fourth-order valence-electron chi connectivity index (χ4n) is 4.11. The zero-order valence-electron chi connectivity index (χ0n) is 12.4. The Kier molecular flexibility index (Phi) is 4.29. The van der Waals surface area contributed by atoms with E-state index in [-0.39, 0.29) is 11.6 Å². The molecule has 112 valence electrons. The molecule has 2 N–H and O–H groups in total. The van der Waals surface area contributed by atoms with Crippen LogP contribution in [-0.4, -0.2) is 50.0 Å². The highest BCUT2D eigenvalue weighted by atomic mass is 32.2. The number of nitrogens with zero attached hydrogens (tertiary/aromatic N) is 1. The second-order valence-electron chi connectivity index (χ2n) is 6.63. The lowest BCUT2D eigenvalue weighted by molar-refractivity contribution is -0.0141. The van der Waals surface area contributed by atoms with E-state index in [4.69, 9.17) is 5.73 Å². The molecule has 5 heteroatoms. The molecule has 0 aromatic heterocycles. The molecule has 2 rings (SSSR count). The fourth-order valence-corrected chi connectivity index (χ4v) is 5.89. The summed E-state index contributed by atoms with van der Waals surface area (Å²) in [5.74, 6) is 1.84. The summed E-state index contributed by atoms with van der Waals surface area (Å²) < 4.78 is 23.4. The van der Waals surface area contributed by atoms with E-state index in [9.17, 15) is 8.42 Å². The molecule has 0 aromatic rings. The summed E-state index contributed by atoms with van der Waals surface area (Å²) in [6.07, 6.45) is 4.33. The van der Waals surface area contributed by atoms with Crippen molar-refractivity contribution in [2.45, 2.75) is 51.1 Å². The second-order valence-corrected chi connectivity index (χ2v) is 8.86. The average molecular weight is 288 g/mol. The molecule has 1 aliphatic carbocycles. The lowest BCUT2D eigenvalue weighted by Gasteiger charge is -2.53. The predicted octanol–water partition coefficient (Wildman–Crippen LogP) is 1.26. The first-order valence-corrected chi connectivity index (χ1v) is 9.28. The quantitative estimate of drug-likeness (QED) is 0.849. The molecule has 0 radical (unpaired) electrons. The highest BCUT2D eigenvalue weighted by Crippen LogP contribution is 2.42. The van der Waals surface area contributed by atoms with Crippen LogP contribution in [0.2, 0.25) is 0 Å². The maximum absolute atomic E-state index is 11.7. The highest BCUT2D eigenvalue weighted by molar-refractivity contribution is 7.91. The maximum atomic E-state index is 11.7. The monoisotopic (exact) mass is 288 g/mol. The van der Waals surface area contributed by atoms with Crippen molar-refractivity contribution >= 4 is 9.84 Å². The van der Waals surface area contributed by atoms with Gasteiger partial charge in [-0.1, -0.05) is 26.7 Å². The zero-order chi connectivity index (χ0) is 14.3. The predicted molar refractivity (Wildman–Crippen MR) is 78.8 cm³/mol. The number of rotatable bonds is 3. The van der Waals surface area contributed by atoms with Crippen LogP contribution in [0.25, 0.3) is 0 Å². The SMILES string of the molecule is CC1CCCC(CN)(N(C)C2CCS(=O)(=O)C2)C1C. The normalized spacial score (nSPS) is 42.7. The van der Waals surface area contributed by atoms with Crippen molar-refractivity contribution in [1.29, 1.82) is 0 Å². The van der Waals surface area contributed by atoms with Gasteiger partial charge in [-0.15, -0.1) is 0 Å².